The summed E-state index contributed by atoms with van der Waals surface area (Å²) in [5.74, 6) is 0. The Morgan fingerprint density at radius 1 is 1.88 bits per heavy atom. The van der Waals surface area contributed by atoms with Crippen LogP contribution in [0.1, 0.15) is 0 Å². The van der Waals surface area contributed by atoms with Gasteiger partial charge in [-0.25, -0.2) is 0 Å². The van der Waals surface area contributed by atoms with Gasteiger partial charge in [-0.2, -0.15) is 0 Å². The van der Waals surface area contributed by atoms with Gasteiger partial charge < -0.3 is 0 Å². The maximum atomic E-state index is 5.57. The Balaban J connectivity index is 3.35. The molecule has 1 aromatic rings. The van der Waals surface area contributed by atoms with E-state index in [2.05, 4.69) is 5.10 Å². The van der Waals surface area contributed by atoms with Crippen LogP contribution in [0.4, 0.5) is 0 Å². The fraction of sp³-hybridized carbons (Fsp3) is 0.250. The molecule has 0 aliphatic carbocycles. The molecular weight excluding hydrogens is 144 g/mol. The third-order valence-corrected chi connectivity index (χ3v) is 1.51. The highest BCUT2D eigenvalue weighted by Gasteiger charge is 1.89. The SMILES string of the molecule is Cn1cc(Cl)c(=S)[nH]1. The Bertz CT molecular complexity index is 236. The van der Waals surface area contributed by atoms with E-state index in [1.54, 1.807) is 10.9 Å². The van der Waals surface area contributed by atoms with Gasteiger partial charge in [0.05, 0.1) is 5.02 Å². The fourth-order valence-electron chi connectivity index (χ4n) is 0.474. The van der Waals surface area contributed by atoms with E-state index in [1.165, 1.54) is 0 Å². The molecule has 1 rings (SSSR count). The summed E-state index contributed by atoms with van der Waals surface area (Å²) in [7, 11) is 1.84. The summed E-state index contributed by atoms with van der Waals surface area (Å²) in [6.45, 7) is 0. The third-order valence-electron chi connectivity index (χ3n) is 0.802. The predicted molar refractivity (Wildman–Crippen MR) is 35.6 cm³/mol. The second-order valence-electron chi connectivity index (χ2n) is 1.53. The van der Waals surface area contributed by atoms with Gasteiger partial charge in [-0.05, 0) is 0 Å². The highest BCUT2D eigenvalue weighted by molar-refractivity contribution is 7.71. The molecule has 0 spiro atoms. The molecule has 0 atom stereocenters. The van der Waals surface area contributed by atoms with E-state index in [1.807, 2.05) is 7.05 Å². The molecule has 0 radical (unpaired) electrons. The van der Waals surface area contributed by atoms with Gasteiger partial charge in [0.2, 0.25) is 0 Å². The molecule has 44 valence electrons. The van der Waals surface area contributed by atoms with Gasteiger partial charge in [0.25, 0.3) is 0 Å². The molecule has 8 heavy (non-hydrogen) atoms. The van der Waals surface area contributed by atoms with Crippen LogP contribution in [-0.4, -0.2) is 9.78 Å². The molecule has 1 heterocycles. The lowest BCUT2D eigenvalue weighted by Crippen LogP contribution is -1.84. The van der Waals surface area contributed by atoms with Gasteiger partial charge in [0.15, 0.2) is 0 Å². The summed E-state index contributed by atoms with van der Waals surface area (Å²) in [5.41, 5.74) is 0. The molecular formula is C4H5ClN2S. The molecule has 0 aliphatic rings. The van der Waals surface area contributed by atoms with Crippen LogP contribution in [0.5, 0.6) is 0 Å². The second-order valence-corrected chi connectivity index (χ2v) is 2.34. The number of aromatic nitrogens is 2. The summed E-state index contributed by atoms with van der Waals surface area (Å²) >= 11 is 10.3. The van der Waals surface area contributed by atoms with E-state index in [0.29, 0.717) is 9.66 Å². The lowest BCUT2D eigenvalue weighted by molar-refractivity contribution is 0.763. The smallest absolute Gasteiger partial charge is 0.138 e. The maximum Gasteiger partial charge on any atom is 0.138 e. The topological polar surface area (TPSA) is 20.7 Å². The molecule has 0 unspecified atom stereocenters. The van der Waals surface area contributed by atoms with Gasteiger partial charge in [-0.3, -0.25) is 9.78 Å². The molecule has 0 aliphatic heterocycles. The van der Waals surface area contributed by atoms with Crippen LogP contribution >= 0.6 is 23.8 Å². The number of aromatic amines is 1. The molecule has 4 heteroatoms. The van der Waals surface area contributed by atoms with Gasteiger partial charge in [0.1, 0.15) is 4.64 Å². The number of nitrogens with one attached hydrogen (secondary N) is 1. The first-order valence-corrected chi connectivity index (χ1v) is 2.90. The van der Waals surface area contributed by atoms with Crippen LogP contribution in [0.3, 0.4) is 0 Å². The van der Waals surface area contributed by atoms with E-state index in [4.69, 9.17) is 23.8 Å². The molecule has 1 N–H and O–H groups in total. The molecule has 0 saturated carbocycles. The lowest BCUT2D eigenvalue weighted by atomic mass is 10.7. The number of rotatable bonds is 0. The van der Waals surface area contributed by atoms with Crippen LogP contribution in [0, 0.1) is 4.64 Å². The minimum Gasteiger partial charge on any atom is -0.296 e. The van der Waals surface area contributed by atoms with Gasteiger partial charge in [0, 0.05) is 13.2 Å². The standard InChI is InChI=1S/C4H5ClN2S/c1-7-2-3(5)4(8)6-7/h2H,1H3,(H,6,8). The molecule has 0 amide bonds. The van der Waals surface area contributed by atoms with Crippen LogP contribution in [0.25, 0.3) is 0 Å². The second kappa shape index (κ2) is 1.91. The zero-order valence-electron chi connectivity index (χ0n) is 4.31. The van der Waals surface area contributed by atoms with Gasteiger partial charge >= 0.3 is 0 Å². The normalized spacial score (nSPS) is 9.75. The van der Waals surface area contributed by atoms with Gasteiger partial charge in [-0.1, -0.05) is 23.8 Å². The van der Waals surface area contributed by atoms with Crippen molar-refractivity contribution in [2.24, 2.45) is 7.05 Å². The first kappa shape index (κ1) is 5.85. The average molecular weight is 149 g/mol. The number of aryl methyl sites for hydroxylation is 1. The fourth-order valence-corrected chi connectivity index (χ4v) is 0.860. The molecule has 0 bridgehead atoms. The Labute approximate surface area is 57.1 Å². The molecule has 1 aromatic heterocycles. The highest BCUT2D eigenvalue weighted by atomic mass is 35.5. The zero-order chi connectivity index (χ0) is 6.15. The first-order chi connectivity index (χ1) is 3.70. The molecule has 0 saturated heterocycles. The van der Waals surface area contributed by atoms with Gasteiger partial charge in [-0.15, -0.1) is 0 Å². The van der Waals surface area contributed by atoms with Crippen LogP contribution < -0.4 is 0 Å². The minimum absolute atomic E-state index is 0.592. The number of H-pyrrole nitrogens is 1. The summed E-state index contributed by atoms with van der Waals surface area (Å²) in [6, 6.07) is 0. The number of nitrogens with zero attached hydrogens (tertiary/aromatic N) is 1. The quantitative estimate of drug-likeness (QED) is 0.556. The average Bonchev–Trinajstić information content (AvgIpc) is 1.85. The Hall–Kier alpha value is -0.280. The molecule has 2 nitrogen and oxygen atoms in total. The predicted octanol–water partition coefficient (Wildman–Crippen LogP) is 1.74. The summed E-state index contributed by atoms with van der Waals surface area (Å²) < 4.78 is 2.30. The first-order valence-electron chi connectivity index (χ1n) is 2.11. The largest absolute Gasteiger partial charge is 0.296 e. The highest BCUT2D eigenvalue weighted by Crippen LogP contribution is 2.06. The van der Waals surface area contributed by atoms with Crippen molar-refractivity contribution in [3.63, 3.8) is 0 Å². The van der Waals surface area contributed by atoms with E-state index < -0.39 is 0 Å². The number of hydrogen-bond donors (Lipinski definition) is 1. The summed E-state index contributed by atoms with van der Waals surface area (Å²) in [5, 5.41) is 3.41. The summed E-state index contributed by atoms with van der Waals surface area (Å²) in [6.07, 6.45) is 1.73. The number of halogens is 1. The monoisotopic (exact) mass is 148 g/mol. The van der Waals surface area contributed by atoms with Crippen molar-refractivity contribution >= 4 is 23.8 Å². The van der Waals surface area contributed by atoms with Crippen molar-refractivity contribution in [1.82, 2.24) is 9.78 Å². The van der Waals surface area contributed by atoms with E-state index >= 15 is 0 Å². The van der Waals surface area contributed by atoms with Crippen LogP contribution in [0.2, 0.25) is 5.02 Å². The van der Waals surface area contributed by atoms with Crippen molar-refractivity contribution in [3.8, 4) is 0 Å². The third kappa shape index (κ3) is 0.928. The minimum atomic E-state index is 0.592. The van der Waals surface area contributed by atoms with Crippen molar-refractivity contribution in [2.45, 2.75) is 0 Å². The van der Waals surface area contributed by atoms with Crippen molar-refractivity contribution in [3.05, 3.63) is 15.9 Å². The van der Waals surface area contributed by atoms with Crippen LogP contribution in [-0.2, 0) is 7.05 Å². The van der Waals surface area contributed by atoms with Crippen molar-refractivity contribution in [2.75, 3.05) is 0 Å². The van der Waals surface area contributed by atoms with E-state index in [9.17, 15) is 0 Å². The van der Waals surface area contributed by atoms with Crippen LogP contribution in [0.15, 0.2) is 6.20 Å². The number of hydrogen-bond acceptors (Lipinski definition) is 1. The maximum absolute atomic E-state index is 5.57. The van der Waals surface area contributed by atoms with Crippen molar-refractivity contribution < 1.29 is 0 Å². The lowest BCUT2D eigenvalue weighted by Gasteiger charge is -1.81. The van der Waals surface area contributed by atoms with Crippen molar-refractivity contribution in [1.29, 1.82) is 0 Å². The molecule has 0 fully saturated rings. The Morgan fingerprint density at radius 2 is 2.50 bits per heavy atom. The van der Waals surface area contributed by atoms with E-state index in [0.717, 1.165) is 0 Å². The van der Waals surface area contributed by atoms with E-state index in [-0.39, 0.29) is 0 Å². The Kier molecular flexibility index (Phi) is 1.40. The zero-order valence-corrected chi connectivity index (χ0v) is 5.88. The summed E-state index contributed by atoms with van der Waals surface area (Å²) in [4.78, 5) is 0. The Morgan fingerprint density at radius 3 is 2.62 bits per heavy atom. The molecule has 0 aromatic carbocycles.